The molecule has 1 N–H and O–H groups in total. The first-order chi connectivity index (χ1) is 8.16. The third-order valence-corrected chi connectivity index (χ3v) is 4.42. The van der Waals surface area contributed by atoms with E-state index >= 15 is 0 Å². The molecule has 0 saturated carbocycles. The minimum atomic E-state index is -0.291. The van der Waals surface area contributed by atoms with Crippen LogP contribution in [-0.4, -0.2) is 10.3 Å². The van der Waals surface area contributed by atoms with Gasteiger partial charge in [-0.2, -0.15) is 9.47 Å². The highest BCUT2D eigenvalue weighted by molar-refractivity contribution is 9.10. The Bertz CT molecular complexity index is 610. The van der Waals surface area contributed by atoms with E-state index < -0.39 is 0 Å². The fourth-order valence-corrected chi connectivity index (χ4v) is 3.35. The Morgan fingerprint density at radius 2 is 2.35 bits per heavy atom. The summed E-state index contributed by atoms with van der Waals surface area (Å²) in [5, 5.41) is 4.19. The lowest BCUT2D eigenvalue weighted by Gasteiger charge is -1.99. The summed E-state index contributed by atoms with van der Waals surface area (Å²) >= 11 is 9.05. The summed E-state index contributed by atoms with van der Waals surface area (Å²) in [6.45, 7) is 0. The molecule has 0 unspecified atom stereocenters. The van der Waals surface area contributed by atoms with Crippen LogP contribution in [-0.2, 0) is 0 Å². The smallest absolute Gasteiger partial charge is 0.267 e. The Hall–Kier alpha value is -0.760. The van der Waals surface area contributed by atoms with Gasteiger partial charge in [0, 0.05) is 20.6 Å². The first kappa shape index (κ1) is 12.7. The number of nitrogens with zero attached hydrogens (tertiary/aromatic N) is 2. The molecular weight excluding hydrogens is 346 g/mol. The van der Waals surface area contributed by atoms with Gasteiger partial charge in [0.2, 0.25) is 0 Å². The van der Waals surface area contributed by atoms with Gasteiger partial charge in [0.15, 0.2) is 9.82 Å². The van der Waals surface area contributed by atoms with E-state index in [0.717, 1.165) is 4.47 Å². The van der Waals surface area contributed by atoms with Gasteiger partial charge in [-0.25, -0.2) is 5.43 Å². The topological polar surface area (TPSA) is 54.4 Å². The van der Waals surface area contributed by atoms with Gasteiger partial charge >= 0.3 is 0 Å². The van der Waals surface area contributed by atoms with Crippen molar-refractivity contribution in [2.45, 2.75) is 0 Å². The second-order valence-electron chi connectivity index (χ2n) is 2.91. The van der Waals surface area contributed by atoms with Crippen molar-refractivity contribution >= 4 is 54.3 Å². The number of hydrogen-bond acceptors (Lipinski definition) is 5. The van der Waals surface area contributed by atoms with Crippen LogP contribution in [0.3, 0.4) is 0 Å². The van der Waals surface area contributed by atoms with Crippen molar-refractivity contribution in [3.63, 3.8) is 0 Å². The molecule has 88 valence electrons. The Morgan fingerprint density at radius 1 is 1.53 bits per heavy atom. The van der Waals surface area contributed by atoms with Crippen molar-refractivity contribution in [3.8, 4) is 0 Å². The van der Waals surface area contributed by atoms with E-state index in [4.69, 9.17) is 11.6 Å². The molecule has 17 heavy (non-hydrogen) atoms. The van der Waals surface area contributed by atoms with Crippen LogP contribution in [0.4, 0.5) is 0 Å². The average Bonchev–Trinajstić information content (AvgIpc) is 2.72. The number of halogens is 2. The molecule has 0 radical (unpaired) electrons. The summed E-state index contributed by atoms with van der Waals surface area (Å²) < 4.78 is 5.19. The number of benzene rings is 1. The number of rotatable bonds is 2. The molecule has 0 bridgehead atoms. The minimum absolute atomic E-state index is 0.291. The Labute approximate surface area is 118 Å². The number of carbonyl (C=O) groups is 1. The van der Waals surface area contributed by atoms with Gasteiger partial charge in [-0.3, -0.25) is 4.79 Å². The first-order valence-corrected chi connectivity index (χ1v) is 7.66. The second kappa shape index (κ2) is 5.72. The fraction of sp³-hybridized carbons (Fsp3) is 0. The highest BCUT2D eigenvalue weighted by atomic mass is 79.9. The highest BCUT2D eigenvalue weighted by Crippen LogP contribution is 2.11. The van der Waals surface area contributed by atoms with E-state index in [2.05, 4.69) is 30.8 Å². The first-order valence-electron chi connectivity index (χ1n) is 4.38. The molecule has 1 amide bonds. The van der Waals surface area contributed by atoms with Gasteiger partial charge in [-0.1, -0.05) is 33.6 Å². The molecule has 0 aliphatic carbocycles. The van der Waals surface area contributed by atoms with Crippen LogP contribution >= 0.6 is 48.4 Å². The predicted molar refractivity (Wildman–Crippen MR) is 72.2 cm³/mol. The number of aromatic nitrogens is 1. The van der Waals surface area contributed by atoms with Gasteiger partial charge < -0.3 is 0 Å². The van der Waals surface area contributed by atoms with E-state index in [1.54, 1.807) is 18.2 Å². The monoisotopic (exact) mass is 349 g/mol. The maximum absolute atomic E-state index is 11.7. The third kappa shape index (κ3) is 3.35. The van der Waals surface area contributed by atoms with Crippen LogP contribution in [0.1, 0.15) is 10.4 Å². The number of carbonyl (C=O) groups excluding carboxylic acids is 1. The van der Waals surface area contributed by atoms with Crippen molar-refractivity contribution in [3.05, 3.63) is 44.1 Å². The van der Waals surface area contributed by atoms with Crippen LogP contribution in [0.5, 0.6) is 0 Å². The summed E-state index contributed by atoms with van der Waals surface area (Å²) in [5.41, 5.74) is 2.95. The molecule has 0 fully saturated rings. The molecule has 1 aromatic heterocycles. The van der Waals surface area contributed by atoms with Crippen LogP contribution in [0.2, 0.25) is 5.15 Å². The molecule has 2 rings (SSSR count). The van der Waals surface area contributed by atoms with Crippen molar-refractivity contribution < 1.29 is 4.79 Å². The number of hydrogen-bond donors (Lipinski definition) is 1. The predicted octanol–water partition coefficient (Wildman–Crippen LogP) is 2.87. The molecule has 1 aromatic carbocycles. The van der Waals surface area contributed by atoms with E-state index in [0.29, 0.717) is 15.4 Å². The molecular formula is C9H5BrClN3OS2. The van der Waals surface area contributed by atoms with Gasteiger partial charge in [0.05, 0.1) is 0 Å². The zero-order valence-electron chi connectivity index (χ0n) is 8.18. The lowest BCUT2D eigenvalue weighted by Crippen LogP contribution is -2.20. The summed E-state index contributed by atoms with van der Waals surface area (Å²) in [5.74, 6) is -0.291. The number of amides is 1. The maximum Gasteiger partial charge on any atom is 0.271 e. The molecule has 0 aliphatic rings. The summed E-state index contributed by atoms with van der Waals surface area (Å²) in [6, 6.07) is 7.03. The fourth-order valence-electron chi connectivity index (χ4n) is 1.02. The zero-order chi connectivity index (χ0) is 12.3. The van der Waals surface area contributed by atoms with Gasteiger partial charge in [-0.15, -0.1) is 0 Å². The average molecular weight is 351 g/mol. The maximum atomic E-state index is 11.7. The van der Waals surface area contributed by atoms with E-state index in [9.17, 15) is 4.79 Å². The molecule has 0 spiro atoms. The molecule has 4 nitrogen and oxygen atoms in total. The SMILES string of the molecule is O=C(N/N=c1\ssnc1Cl)c1cccc(Br)c1. The minimum Gasteiger partial charge on any atom is -0.267 e. The van der Waals surface area contributed by atoms with Gasteiger partial charge in [-0.05, 0) is 28.5 Å². The Morgan fingerprint density at radius 3 is 3.00 bits per heavy atom. The van der Waals surface area contributed by atoms with Gasteiger partial charge in [0.25, 0.3) is 5.91 Å². The Balaban J connectivity index is 2.16. The Kier molecular flexibility index (Phi) is 4.27. The lowest BCUT2D eigenvalue weighted by atomic mass is 10.2. The van der Waals surface area contributed by atoms with Crippen LogP contribution in [0, 0.1) is 0 Å². The van der Waals surface area contributed by atoms with Crippen LogP contribution in [0.15, 0.2) is 33.8 Å². The normalized spacial score (nSPS) is 11.5. The summed E-state index contributed by atoms with van der Waals surface area (Å²) in [4.78, 5) is 11.7. The number of nitrogens with one attached hydrogen (secondary N) is 1. The summed E-state index contributed by atoms with van der Waals surface area (Å²) in [6.07, 6.45) is 0. The standard InChI is InChI=1S/C9H5BrClN3OS2/c10-6-3-1-2-5(4-6)8(15)12-13-9-7(11)14-17-16-9/h1-4H,(H,12,15)/b13-9-. The zero-order valence-corrected chi connectivity index (χ0v) is 12.2. The second-order valence-corrected chi connectivity index (χ2v) is 6.01. The van der Waals surface area contributed by atoms with E-state index in [1.165, 1.54) is 20.9 Å². The quantitative estimate of drug-likeness (QED) is 0.669. The van der Waals surface area contributed by atoms with E-state index in [1.807, 2.05) is 6.07 Å². The molecule has 1 heterocycles. The highest BCUT2D eigenvalue weighted by Gasteiger charge is 2.04. The van der Waals surface area contributed by atoms with Gasteiger partial charge in [0.1, 0.15) is 0 Å². The third-order valence-electron chi connectivity index (χ3n) is 1.76. The molecule has 0 aliphatic heterocycles. The molecule has 0 saturated heterocycles. The van der Waals surface area contributed by atoms with Crippen LogP contribution in [0.25, 0.3) is 0 Å². The van der Waals surface area contributed by atoms with Crippen LogP contribution < -0.4 is 10.1 Å². The van der Waals surface area contributed by atoms with Crippen molar-refractivity contribution in [2.75, 3.05) is 0 Å². The van der Waals surface area contributed by atoms with Crippen molar-refractivity contribution in [2.24, 2.45) is 5.10 Å². The largest absolute Gasteiger partial charge is 0.271 e. The van der Waals surface area contributed by atoms with Crippen molar-refractivity contribution in [1.82, 2.24) is 9.80 Å². The lowest BCUT2D eigenvalue weighted by molar-refractivity contribution is 0.0953. The molecule has 2 aromatic rings. The van der Waals surface area contributed by atoms with E-state index in [-0.39, 0.29) is 5.91 Å². The molecule has 8 heteroatoms. The van der Waals surface area contributed by atoms with Crippen molar-refractivity contribution in [1.29, 1.82) is 0 Å². The molecule has 0 atom stereocenters. The summed E-state index contributed by atoms with van der Waals surface area (Å²) in [7, 11) is 2.52.